The fraction of sp³-hybridized carbons (Fsp3) is 0.118. The highest BCUT2D eigenvalue weighted by atomic mass is 16.5. The Hall–Kier alpha value is -2.75. The Balaban J connectivity index is 2.06. The summed E-state index contributed by atoms with van der Waals surface area (Å²) >= 11 is 0. The van der Waals surface area contributed by atoms with Crippen molar-refractivity contribution in [3.63, 3.8) is 0 Å². The summed E-state index contributed by atoms with van der Waals surface area (Å²) in [6.45, 7) is 0. The SMILES string of the molecule is COc1ccc(C(=O)n2c[c]c3ccccc32)cc1OC. The third-order valence-electron chi connectivity index (χ3n) is 3.36. The molecule has 1 radical (unpaired) electrons. The summed E-state index contributed by atoms with van der Waals surface area (Å²) in [4.78, 5) is 12.6. The minimum Gasteiger partial charge on any atom is -0.493 e. The van der Waals surface area contributed by atoms with Gasteiger partial charge in [-0.2, -0.15) is 0 Å². The minimum atomic E-state index is -0.131. The van der Waals surface area contributed by atoms with Crippen molar-refractivity contribution >= 4 is 16.8 Å². The Morgan fingerprint density at radius 1 is 1.05 bits per heavy atom. The van der Waals surface area contributed by atoms with Crippen LogP contribution in [0.15, 0.2) is 48.7 Å². The lowest BCUT2D eigenvalue weighted by Gasteiger charge is -2.10. The molecule has 2 aromatic carbocycles. The van der Waals surface area contributed by atoms with Gasteiger partial charge in [-0.25, -0.2) is 0 Å². The van der Waals surface area contributed by atoms with E-state index in [1.54, 1.807) is 43.2 Å². The quantitative estimate of drug-likeness (QED) is 0.740. The van der Waals surface area contributed by atoms with Gasteiger partial charge in [0.25, 0.3) is 5.91 Å². The minimum absolute atomic E-state index is 0.131. The largest absolute Gasteiger partial charge is 0.493 e. The van der Waals surface area contributed by atoms with Crippen LogP contribution >= 0.6 is 0 Å². The van der Waals surface area contributed by atoms with E-state index in [2.05, 4.69) is 6.07 Å². The van der Waals surface area contributed by atoms with Gasteiger partial charge in [0.15, 0.2) is 11.5 Å². The smallest absolute Gasteiger partial charge is 0.262 e. The number of nitrogens with zero attached hydrogens (tertiary/aromatic N) is 1. The molecule has 1 aromatic heterocycles. The van der Waals surface area contributed by atoms with Gasteiger partial charge in [-0.3, -0.25) is 9.36 Å². The number of hydrogen-bond acceptors (Lipinski definition) is 3. The van der Waals surface area contributed by atoms with Gasteiger partial charge < -0.3 is 9.47 Å². The van der Waals surface area contributed by atoms with E-state index in [1.165, 1.54) is 0 Å². The highest BCUT2D eigenvalue weighted by molar-refractivity contribution is 6.02. The summed E-state index contributed by atoms with van der Waals surface area (Å²) in [5.41, 5.74) is 1.36. The van der Waals surface area contributed by atoms with Crippen molar-refractivity contribution in [2.75, 3.05) is 14.2 Å². The van der Waals surface area contributed by atoms with Crippen molar-refractivity contribution in [1.82, 2.24) is 4.57 Å². The van der Waals surface area contributed by atoms with E-state index in [0.717, 1.165) is 10.9 Å². The van der Waals surface area contributed by atoms with Crippen molar-refractivity contribution in [3.8, 4) is 11.5 Å². The summed E-state index contributed by atoms with van der Waals surface area (Å²) in [5, 5.41) is 0.909. The Kier molecular flexibility index (Phi) is 3.36. The lowest BCUT2D eigenvalue weighted by Crippen LogP contribution is -2.10. The fourth-order valence-electron chi connectivity index (χ4n) is 2.29. The normalized spacial score (nSPS) is 10.6. The molecule has 0 saturated carbocycles. The molecule has 1 heterocycles. The molecular formula is C17H14NO3. The summed E-state index contributed by atoms with van der Waals surface area (Å²) in [6, 6.07) is 15.8. The van der Waals surface area contributed by atoms with Crippen LogP contribution in [0.4, 0.5) is 0 Å². The van der Waals surface area contributed by atoms with Crippen molar-refractivity contribution in [2.45, 2.75) is 0 Å². The number of ether oxygens (including phenoxy) is 2. The van der Waals surface area contributed by atoms with Crippen LogP contribution in [0.1, 0.15) is 10.4 Å². The molecule has 0 amide bonds. The molecule has 0 fully saturated rings. The van der Waals surface area contributed by atoms with E-state index in [9.17, 15) is 4.79 Å². The number of para-hydroxylation sites is 1. The Morgan fingerprint density at radius 3 is 2.57 bits per heavy atom. The summed E-state index contributed by atoms with van der Waals surface area (Å²) in [7, 11) is 3.11. The number of hydrogen-bond donors (Lipinski definition) is 0. The maximum Gasteiger partial charge on any atom is 0.262 e. The third kappa shape index (κ3) is 2.25. The zero-order valence-corrected chi connectivity index (χ0v) is 11.8. The van der Waals surface area contributed by atoms with Crippen molar-refractivity contribution in [1.29, 1.82) is 0 Å². The Morgan fingerprint density at radius 2 is 1.81 bits per heavy atom. The molecule has 105 valence electrons. The van der Waals surface area contributed by atoms with E-state index in [1.807, 2.05) is 24.3 Å². The summed E-state index contributed by atoms with van der Waals surface area (Å²) < 4.78 is 12.0. The predicted octanol–water partition coefficient (Wildman–Crippen LogP) is 3.15. The van der Waals surface area contributed by atoms with Crippen LogP contribution in [0.5, 0.6) is 11.5 Å². The Labute approximate surface area is 122 Å². The highest BCUT2D eigenvalue weighted by Gasteiger charge is 2.14. The van der Waals surface area contributed by atoms with Crippen molar-refractivity contribution in [2.24, 2.45) is 0 Å². The molecule has 21 heavy (non-hydrogen) atoms. The molecule has 0 atom stereocenters. The van der Waals surface area contributed by atoms with Gasteiger partial charge >= 0.3 is 0 Å². The van der Waals surface area contributed by atoms with Crippen molar-refractivity contribution in [3.05, 3.63) is 60.3 Å². The van der Waals surface area contributed by atoms with Crippen molar-refractivity contribution < 1.29 is 14.3 Å². The van der Waals surface area contributed by atoms with E-state index >= 15 is 0 Å². The van der Waals surface area contributed by atoms with Gasteiger partial charge in [0.05, 0.1) is 19.7 Å². The molecule has 0 spiro atoms. The average Bonchev–Trinajstić information content (AvgIpc) is 2.97. The zero-order chi connectivity index (χ0) is 14.8. The second-order valence-electron chi connectivity index (χ2n) is 4.54. The van der Waals surface area contributed by atoms with Crippen LogP contribution < -0.4 is 9.47 Å². The predicted molar refractivity (Wildman–Crippen MR) is 80.0 cm³/mol. The molecule has 0 bridgehead atoms. The van der Waals surface area contributed by atoms with E-state index in [0.29, 0.717) is 17.1 Å². The molecule has 4 nitrogen and oxygen atoms in total. The van der Waals surface area contributed by atoms with Crippen LogP contribution in [-0.4, -0.2) is 24.7 Å². The lowest BCUT2D eigenvalue weighted by molar-refractivity contribution is 0.0964. The topological polar surface area (TPSA) is 40.5 Å². The van der Waals surface area contributed by atoms with Gasteiger partial charge in [0, 0.05) is 23.2 Å². The van der Waals surface area contributed by atoms with Gasteiger partial charge in [0.2, 0.25) is 0 Å². The second kappa shape index (κ2) is 5.32. The van der Waals surface area contributed by atoms with Gasteiger partial charge in [-0.05, 0) is 24.3 Å². The van der Waals surface area contributed by atoms with Crippen LogP contribution in [-0.2, 0) is 0 Å². The molecule has 0 aliphatic rings. The maximum atomic E-state index is 12.6. The van der Waals surface area contributed by atoms with Crippen LogP contribution in [0.25, 0.3) is 10.9 Å². The molecule has 0 aliphatic heterocycles. The molecule has 0 saturated heterocycles. The average molecular weight is 280 g/mol. The number of benzene rings is 2. The monoisotopic (exact) mass is 280 g/mol. The second-order valence-corrected chi connectivity index (χ2v) is 4.54. The third-order valence-corrected chi connectivity index (χ3v) is 3.36. The Bertz CT molecular complexity index is 805. The van der Waals surface area contributed by atoms with Gasteiger partial charge in [-0.15, -0.1) is 0 Å². The number of methoxy groups -OCH3 is 2. The van der Waals surface area contributed by atoms with Crippen LogP contribution in [0, 0.1) is 6.07 Å². The molecular weight excluding hydrogens is 266 g/mol. The first-order valence-corrected chi connectivity index (χ1v) is 6.49. The first kappa shape index (κ1) is 13.2. The number of aromatic nitrogens is 1. The van der Waals surface area contributed by atoms with Gasteiger partial charge in [0.1, 0.15) is 0 Å². The van der Waals surface area contributed by atoms with E-state index in [-0.39, 0.29) is 5.91 Å². The zero-order valence-electron chi connectivity index (χ0n) is 11.8. The maximum absolute atomic E-state index is 12.6. The highest BCUT2D eigenvalue weighted by Crippen LogP contribution is 2.28. The summed E-state index contributed by atoms with van der Waals surface area (Å²) in [6.07, 6.45) is 1.66. The first-order chi connectivity index (χ1) is 10.2. The molecule has 0 N–H and O–H groups in total. The number of carbonyl (C=O) groups is 1. The summed E-state index contributed by atoms with van der Waals surface area (Å²) in [5.74, 6) is 0.996. The first-order valence-electron chi connectivity index (χ1n) is 6.49. The number of carbonyl (C=O) groups excluding carboxylic acids is 1. The fourth-order valence-corrected chi connectivity index (χ4v) is 2.29. The standard InChI is InChI=1S/C17H14NO3/c1-20-15-8-7-13(11-16(15)21-2)17(19)18-10-9-12-5-3-4-6-14(12)18/h3-8,10-11H,1-2H3. The van der Waals surface area contributed by atoms with Gasteiger partial charge in [-0.1, -0.05) is 18.2 Å². The number of rotatable bonds is 3. The molecule has 4 heteroatoms. The molecule has 0 aliphatic carbocycles. The number of fused-ring (bicyclic) bond motifs is 1. The van der Waals surface area contributed by atoms with E-state index < -0.39 is 0 Å². The molecule has 3 aromatic rings. The molecule has 3 rings (SSSR count). The molecule has 0 unspecified atom stereocenters. The lowest BCUT2D eigenvalue weighted by atomic mass is 10.2. The van der Waals surface area contributed by atoms with Crippen LogP contribution in [0.3, 0.4) is 0 Å². The van der Waals surface area contributed by atoms with Crippen LogP contribution in [0.2, 0.25) is 0 Å². The van der Waals surface area contributed by atoms with E-state index in [4.69, 9.17) is 9.47 Å².